The van der Waals surface area contributed by atoms with Crippen LogP contribution in [-0.2, 0) is 4.57 Å². The van der Waals surface area contributed by atoms with Crippen LogP contribution in [0.25, 0.3) is 0 Å². The minimum absolute atomic E-state index is 0.0576. The Morgan fingerprint density at radius 3 is 2.41 bits per heavy atom. The molecular weight excluding hydrogens is 555 g/mol. The molecule has 0 radical (unpaired) electrons. The van der Waals surface area contributed by atoms with E-state index in [1.807, 2.05) is 0 Å². The number of alkyl halides is 3. The van der Waals surface area contributed by atoms with Gasteiger partial charge in [-0.05, 0) is 56.2 Å². The molecule has 0 amide bonds. The number of halogens is 5. The molecule has 0 aromatic heterocycles. The lowest BCUT2D eigenvalue weighted by Crippen LogP contribution is -2.38. The molecule has 1 heterocycles. The number of benzene rings is 2. The molecule has 210 valence electrons. The van der Waals surface area contributed by atoms with Crippen molar-refractivity contribution >= 4 is 29.7 Å². The van der Waals surface area contributed by atoms with Gasteiger partial charge in [0, 0.05) is 48.5 Å². The molecular formula is C28H30ClF4N2O3P. The molecule has 1 saturated carbocycles. The van der Waals surface area contributed by atoms with Gasteiger partial charge in [-0.2, -0.15) is 13.2 Å². The SMILES string of the molecule is C=C(/C=C(Oc1ccc(F)cc1Cl)\C(=C/C)C(F)(F)F)Nc1ccc(P2(=O)CCN(C3CC3)CC2)cc1OC. The molecule has 39 heavy (non-hydrogen) atoms. The first-order chi connectivity index (χ1) is 18.4. The highest BCUT2D eigenvalue weighted by atomic mass is 35.5. The summed E-state index contributed by atoms with van der Waals surface area (Å²) < 4.78 is 79.5. The fourth-order valence-corrected chi connectivity index (χ4v) is 7.36. The second-order valence-corrected chi connectivity index (χ2v) is 13.1. The van der Waals surface area contributed by atoms with Crippen molar-refractivity contribution in [2.45, 2.75) is 32.0 Å². The maximum atomic E-state index is 13.8. The smallest absolute Gasteiger partial charge is 0.419 e. The van der Waals surface area contributed by atoms with Crippen molar-refractivity contribution < 1.29 is 31.6 Å². The molecule has 0 bridgehead atoms. The van der Waals surface area contributed by atoms with Gasteiger partial charge in [-0.3, -0.25) is 4.90 Å². The average Bonchev–Trinajstić information content (AvgIpc) is 3.71. The van der Waals surface area contributed by atoms with E-state index in [1.165, 1.54) is 26.9 Å². The Morgan fingerprint density at radius 2 is 1.85 bits per heavy atom. The molecule has 5 nitrogen and oxygen atoms in total. The number of anilines is 1. The molecule has 2 fully saturated rings. The third-order valence-corrected chi connectivity index (χ3v) is 10.1. The van der Waals surface area contributed by atoms with Gasteiger partial charge in [0.2, 0.25) is 0 Å². The maximum absolute atomic E-state index is 13.8. The average molecular weight is 585 g/mol. The number of rotatable bonds is 9. The summed E-state index contributed by atoms with van der Waals surface area (Å²) in [5.74, 6) is -1.01. The van der Waals surface area contributed by atoms with Crippen molar-refractivity contribution in [2.24, 2.45) is 0 Å². The summed E-state index contributed by atoms with van der Waals surface area (Å²) in [5.41, 5.74) is -0.579. The number of hydrogen-bond acceptors (Lipinski definition) is 5. The third kappa shape index (κ3) is 7.07. The van der Waals surface area contributed by atoms with Crippen LogP contribution in [-0.4, -0.2) is 49.6 Å². The fraction of sp³-hybridized carbons (Fsp3) is 0.357. The number of hydrogen-bond donors (Lipinski definition) is 1. The lowest BCUT2D eigenvalue weighted by molar-refractivity contribution is -0.0920. The van der Waals surface area contributed by atoms with Gasteiger partial charge in [0.05, 0.1) is 23.4 Å². The van der Waals surface area contributed by atoms with E-state index < -0.39 is 30.5 Å². The van der Waals surface area contributed by atoms with Gasteiger partial charge in [0.25, 0.3) is 0 Å². The normalized spacial score (nSPS) is 18.5. The highest BCUT2D eigenvalue weighted by molar-refractivity contribution is 7.71. The quantitative estimate of drug-likeness (QED) is 0.145. The van der Waals surface area contributed by atoms with Gasteiger partial charge in [-0.25, -0.2) is 4.39 Å². The molecule has 2 aliphatic rings. The standard InChI is InChI=1S/C28H30ClF4N2O3P/c1-4-22(28(31,32)33)26(38-25-10-5-19(30)16-23(25)29)15-18(2)34-24-9-8-21(17-27(24)37-3)39(36)13-11-35(12-14-39)20-6-7-20/h4-5,8-10,15-17,20,34H,2,6-7,11-14H2,1,3H3/b22-4+,26-15+. The Bertz CT molecular complexity index is 1340. The third-order valence-electron chi connectivity index (χ3n) is 6.79. The van der Waals surface area contributed by atoms with E-state index in [0.29, 0.717) is 35.1 Å². The Hall–Kier alpha value is -2.74. The molecule has 11 heteroatoms. The monoisotopic (exact) mass is 584 g/mol. The van der Waals surface area contributed by atoms with Crippen LogP contribution < -0.4 is 20.1 Å². The van der Waals surface area contributed by atoms with Crippen LogP contribution in [0.4, 0.5) is 23.2 Å². The van der Waals surface area contributed by atoms with Gasteiger partial charge >= 0.3 is 6.18 Å². The molecule has 0 unspecified atom stereocenters. The molecule has 0 spiro atoms. The van der Waals surface area contributed by atoms with E-state index in [0.717, 1.165) is 43.4 Å². The molecule has 1 saturated heterocycles. The Morgan fingerprint density at radius 1 is 1.15 bits per heavy atom. The molecule has 4 rings (SSSR count). The Kier molecular flexibility index (Phi) is 8.84. The molecule has 0 atom stereocenters. The van der Waals surface area contributed by atoms with Crippen LogP contribution in [0, 0.1) is 5.82 Å². The van der Waals surface area contributed by atoms with E-state index in [-0.39, 0.29) is 16.5 Å². The number of nitrogens with zero attached hydrogens (tertiary/aromatic N) is 1. The van der Waals surface area contributed by atoms with Crippen molar-refractivity contribution in [1.29, 1.82) is 0 Å². The van der Waals surface area contributed by atoms with Gasteiger partial charge in [-0.15, -0.1) is 0 Å². The van der Waals surface area contributed by atoms with Gasteiger partial charge in [0.15, 0.2) is 0 Å². The zero-order valence-electron chi connectivity index (χ0n) is 21.7. The van der Waals surface area contributed by atoms with Crippen LogP contribution in [0.15, 0.2) is 72.2 Å². The van der Waals surface area contributed by atoms with Gasteiger partial charge in [-0.1, -0.05) is 24.3 Å². The predicted octanol–water partition coefficient (Wildman–Crippen LogP) is 7.35. The first-order valence-electron chi connectivity index (χ1n) is 12.5. The van der Waals surface area contributed by atoms with Crippen molar-refractivity contribution in [1.82, 2.24) is 4.90 Å². The van der Waals surface area contributed by atoms with Crippen LogP contribution in [0.3, 0.4) is 0 Å². The molecule has 2 aromatic carbocycles. The minimum Gasteiger partial charge on any atom is -0.495 e. The summed E-state index contributed by atoms with van der Waals surface area (Å²) in [6.45, 7) is 6.66. The summed E-state index contributed by atoms with van der Waals surface area (Å²) in [5, 5.41) is 3.47. The fourth-order valence-electron chi connectivity index (χ4n) is 4.55. The molecule has 2 aromatic rings. The van der Waals surface area contributed by atoms with Crippen molar-refractivity contribution in [3.63, 3.8) is 0 Å². The summed E-state index contributed by atoms with van der Waals surface area (Å²) in [6, 6.07) is 8.91. The van der Waals surface area contributed by atoms with E-state index in [4.69, 9.17) is 21.1 Å². The number of nitrogens with one attached hydrogen (secondary N) is 1. The van der Waals surface area contributed by atoms with Gasteiger partial charge in [0.1, 0.15) is 30.2 Å². The van der Waals surface area contributed by atoms with Crippen LogP contribution in [0.2, 0.25) is 5.02 Å². The number of allylic oxidation sites excluding steroid dienone is 3. The predicted molar refractivity (Wildman–Crippen MR) is 147 cm³/mol. The second-order valence-electron chi connectivity index (χ2n) is 9.52. The zero-order chi connectivity index (χ0) is 28.4. The van der Waals surface area contributed by atoms with E-state index >= 15 is 0 Å². The first-order valence-corrected chi connectivity index (χ1v) is 14.9. The highest BCUT2D eigenvalue weighted by Gasteiger charge is 2.38. The molecule has 1 aliphatic carbocycles. The largest absolute Gasteiger partial charge is 0.495 e. The lowest BCUT2D eigenvalue weighted by Gasteiger charge is -2.32. The van der Waals surface area contributed by atoms with Crippen LogP contribution in [0.1, 0.15) is 19.8 Å². The van der Waals surface area contributed by atoms with Gasteiger partial charge < -0.3 is 19.4 Å². The Balaban J connectivity index is 1.57. The second kappa shape index (κ2) is 11.8. The van der Waals surface area contributed by atoms with E-state index in [2.05, 4.69) is 16.8 Å². The van der Waals surface area contributed by atoms with E-state index in [9.17, 15) is 22.1 Å². The van der Waals surface area contributed by atoms with Crippen molar-refractivity contribution in [2.75, 3.05) is 37.8 Å². The summed E-state index contributed by atoms with van der Waals surface area (Å²) in [6.07, 6.45) is 0.811. The number of ether oxygens (including phenoxy) is 2. The topological polar surface area (TPSA) is 50.8 Å². The van der Waals surface area contributed by atoms with E-state index in [1.54, 1.807) is 18.2 Å². The van der Waals surface area contributed by atoms with Crippen LogP contribution >= 0.6 is 18.7 Å². The Labute approximate surface area is 230 Å². The van der Waals surface area contributed by atoms with Crippen molar-refractivity contribution in [3.05, 3.63) is 83.0 Å². The summed E-state index contributed by atoms with van der Waals surface area (Å²) >= 11 is 5.99. The first kappa shape index (κ1) is 29.2. The maximum Gasteiger partial charge on any atom is 0.419 e. The zero-order valence-corrected chi connectivity index (χ0v) is 23.3. The lowest BCUT2D eigenvalue weighted by atomic mass is 10.1. The minimum atomic E-state index is -4.74. The number of methoxy groups -OCH3 is 1. The molecule has 1 N–H and O–H groups in total. The summed E-state index contributed by atoms with van der Waals surface area (Å²) in [4.78, 5) is 2.40. The highest BCUT2D eigenvalue weighted by Crippen LogP contribution is 2.49. The molecule has 1 aliphatic heterocycles. The van der Waals surface area contributed by atoms with Crippen molar-refractivity contribution in [3.8, 4) is 11.5 Å². The van der Waals surface area contributed by atoms with Crippen LogP contribution in [0.5, 0.6) is 11.5 Å². The summed E-state index contributed by atoms with van der Waals surface area (Å²) in [7, 11) is -1.13.